The fraction of sp³-hybridized carbons (Fsp3) is 0.154. The zero-order valence-electron chi connectivity index (χ0n) is 9.74. The minimum Gasteiger partial charge on any atom is -0.463 e. The molecule has 1 heterocycles. The number of aromatic nitrogens is 2. The summed E-state index contributed by atoms with van der Waals surface area (Å²) < 4.78 is 4.67. The molecule has 92 valence electrons. The second kappa shape index (κ2) is 6.34. The Balaban J connectivity index is 1.88. The summed E-state index contributed by atoms with van der Waals surface area (Å²) in [5, 5.41) is 3.11. The lowest BCUT2D eigenvalue weighted by Gasteiger charge is -2.05. The molecule has 0 aliphatic carbocycles. The molecule has 1 N–H and O–H groups in total. The van der Waals surface area contributed by atoms with Crippen LogP contribution in [-0.4, -0.2) is 16.4 Å². The molecule has 1 aromatic carbocycles. The molecule has 5 heteroatoms. The summed E-state index contributed by atoms with van der Waals surface area (Å²) >= 11 is 0. The van der Waals surface area contributed by atoms with Gasteiger partial charge in [0.2, 0.25) is 5.95 Å². The number of hydrogen-bond donors (Lipinski definition) is 1. The van der Waals surface area contributed by atoms with Crippen molar-refractivity contribution in [2.45, 2.75) is 13.2 Å². The van der Waals surface area contributed by atoms with Gasteiger partial charge >= 0.3 is 0 Å². The molecule has 2 aromatic rings. The molecule has 0 saturated heterocycles. The summed E-state index contributed by atoms with van der Waals surface area (Å²) in [6.07, 6.45) is 3.38. The van der Waals surface area contributed by atoms with Crippen molar-refractivity contribution in [1.29, 1.82) is 0 Å². The molecule has 0 fully saturated rings. The van der Waals surface area contributed by atoms with Gasteiger partial charge in [0.1, 0.15) is 6.61 Å². The molecule has 5 nitrogen and oxygen atoms in total. The predicted molar refractivity (Wildman–Crippen MR) is 66.7 cm³/mol. The lowest BCUT2D eigenvalue weighted by atomic mass is 10.1. The van der Waals surface area contributed by atoms with E-state index in [0.29, 0.717) is 25.6 Å². The third kappa shape index (κ3) is 3.55. The van der Waals surface area contributed by atoms with Crippen LogP contribution in [0, 0.1) is 0 Å². The van der Waals surface area contributed by atoms with Gasteiger partial charge < -0.3 is 10.1 Å². The van der Waals surface area contributed by atoms with Crippen molar-refractivity contribution in [3.8, 4) is 0 Å². The third-order valence-corrected chi connectivity index (χ3v) is 2.36. The molecule has 0 unspecified atom stereocenters. The Bertz CT molecular complexity index is 485. The highest BCUT2D eigenvalue weighted by Crippen LogP contribution is 2.07. The minimum atomic E-state index is 0.305. The average Bonchev–Trinajstić information content (AvgIpc) is 2.45. The second-order valence-electron chi connectivity index (χ2n) is 3.65. The zero-order chi connectivity index (χ0) is 12.6. The Labute approximate surface area is 105 Å². The number of rotatable bonds is 6. The van der Waals surface area contributed by atoms with Crippen molar-refractivity contribution in [2.24, 2.45) is 0 Å². The van der Waals surface area contributed by atoms with Crippen LogP contribution in [0.3, 0.4) is 0 Å². The average molecular weight is 243 g/mol. The van der Waals surface area contributed by atoms with Crippen molar-refractivity contribution >= 4 is 12.4 Å². The highest BCUT2D eigenvalue weighted by molar-refractivity contribution is 5.37. The van der Waals surface area contributed by atoms with E-state index in [9.17, 15) is 4.79 Å². The number of nitrogens with one attached hydrogen (secondary N) is 1. The molecular formula is C13H13N3O2. The smallest absolute Gasteiger partial charge is 0.293 e. The largest absolute Gasteiger partial charge is 0.463 e. The van der Waals surface area contributed by atoms with Crippen molar-refractivity contribution < 1.29 is 9.53 Å². The van der Waals surface area contributed by atoms with Gasteiger partial charge in [-0.05, 0) is 17.2 Å². The summed E-state index contributed by atoms with van der Waals surface area (Å²) in [6.45, 7) is 1.40. The Kier molecular flexibility index (Phi) is 4.24. The standard InChI is InChI=1S/C13H13N3O2/c17-10-18-9-12-4-2-11(3-5-12)8-16-13-14-6-1-7-15-13/h1-7,10H,8-9H2,(H,14,15,16). The topological polar surface area (TPSA) is 64.1 Å². The molecule has 0 aliphatic heterocycles. The Hall–Kier alpha value is -2.43. The van der Waals surface area contributed by atoms with Gasteiger partial charge in [0.05, 0.1) is 0 Å². The molecule has 18 heavy (non-hydrogen) atoms. The van der Waals surface area contributed by atoms with Crippen LogP contribution in [0.15, 0.2) is 42.7 Å². The highest BCUT2D eigenvalue weighted by Gasteiger charge is 1.97. The maximum Gasteiger partial charge on any atom is 0.293 e. The van der Waals surface area contributed by atoms with Crippen LogP contribution >= 0.6 is 0 Å². The second-order valence-corrected chi connectivity index (χ2v) is 3.65. The van der Waals surface area contributed by atoms with E-state index in [1.807, 2.05) is 24.3 Å². The van der Waals surface area contributed by atoms with Gasteiger partial charge in [0.15, 0.2) is 0 Å². The molecule has 0 amide bonds. The number of nitrogens with zero attached hydrogens (tertiary/aromatic N) is 2. The normalized spacial score (nSPS) is 9.78. The van der Waals surface area contributed by atoms with Crippen molar-refractivity contribution in [3.05, 3.63) is 53.9 Å². The van der Waals surface area contributed by atoms with Crippen molar-refractivity contribution in [2.75, 3.05) is 5.32 Å². The summed E-state index contributed by atoms with van der Waals surface area (Å²) in [4.78, 5) is 18.2. The Morgan fingerprint density at radius 1 is 1.11 bits per heavy atom. The third-order valence-electron chi connectivity index (χ3n) is 2.36. The number of benzene rings is 1. The van der Waals surface area contributed by atoms with Crippen molar-refractivity contribution in [3.63, 3.8) is 0 Å². The van der Waals surface area contributed by atoms with E-state index >= 15 is 0 Å². The van der Waals surface area contributed by atoms with E-state index in [4.69, 9.17) is 0 Å². The van der Waals surface area contributed by atoms with E-state index < -0.39 is 0 Å². The SMILES string of the molecule is O=COCc1ccc(CNc2ncccn2)cc1. The fourth-order valence-corrected chi connectivity index (χ4v) is 1.46. The van der Waals surface area contributed by atoms with Crippen LogP contribution in [0.4, 0.5) is 5.95 Å². The fourth-order valence-electron chi connectivity index (χ4n) is 1.46. The quantitative estimate of drug-likeness (QED) is 0.783. The summed E-state index contributed by atoms with van der Waals surface area (Å²) in [5.74, 6) is 0.603. The predicted octanol–water partition coefficient (Wildman–Crippen LogP) is 1.76. The van der Waals surface area contributed by atoms with Gasteiger partial charge in [-0.2, -0.15) is 0 Å². The molecular weight excluding hydrogens is 230 g/mol. The maximum absolute atomic E-state index is 10.1. The lowest BCUT2D eigenvalue weighted by Crippen LogP contribution is -2.02. The van der Waals surface area contributed by atoms with Crippen LogP contribution in [0.1, 0.15) is 11.1 Å². The van der Waals surface area contributed by atoms with Crippen LogP contribution in [0.5, 0.6) is 0 Å². The molecule has 0 saturated carbocycles. The molecule has 0 atom stereocenters. The monoisotopic (exact) mass is 243 g/mol. The van der Waals surface area contributed by atoms with E-state index in [0.717, 1.165) is 11.1 Å². The summed E-state index contributed by atoms with van der Waals surface area (Å²) in [5.41, 5.74) is 2.07. The van der Waals surface area contributed by atoms with E-state index in [1.54, 1.807) is 18.5 Å². The highest BCUT2D eigenvalue weighted by atomic mass is 16.5. The van der Waals surface area contributed by atoms with E-state index in [-0.39, 0.29) is 0 Å². The molecule has 0 bridgehead atoms. The maximum atomic E-state index is 10.1. The molecule has 0 radical (unpaired) electrons. The van der Waals surface area contributed by atoms with Gasteiger partial charge in [-0.3, -0.25) is 4.79 Å². The Morgan fingerprint density at radius 2 is 1.78 bits per heavy atom. The number of carbonyl (C=O) groups excluding carboxylic acids is 1. The van der Waals surface area contributed by atoms with Crippen LogP contribution in [0.25, 0.3) is 0 Å². The first kappa shape index (κ1) is 12.0. The number of anilines is 1. The van der Waals surface area contributed by atoms with E-state index in [2.05, 4.69) is 20.0 Å². The van der Waals surface area contributed by atoms with Gasteiger partial charge in [-0.1, -0.05) is 24.3 Å². The number of ether oxygens (including phenoxy) is 1. The van der Waals surface area contributed by atoms with Crippen molar-refractivity contribution in [1.82, 2.24) is 9.97 Å². The first-order valence-corrected chi connectivity index (χ1v) is 5.52. The minimum absolute atomic E-state index is 0.305. The number of hydrogen-bond acceptors (Lipinski definition) is 5. The van der Waals surface area contributed by atoms with Gasteiger partial charge in [0.25, 0.3) is 6.47 Å². The first-order chi connectivity index (χ1) is 8.88. The Morgan fingerprint density at radius 3 is 2.44 bits per heavy atom. The molecule has 0 aliphatic rings. The summed E-state index contributed by atoms with van der Waals surface area (Å²) in [6, 6.07) is 9.56. The van der Waals surface area contributed by atoms with Crippen LogP contribution in [0.2, 0.25) is 0 Å². The van der Waals surface area contributed by atoms with Gasteiger partial charge in [-0.25, -0.2) is 9.97 Å². The molecule has 1 aromatic heterocycles. The summed E-state index contributed by atoms with van der Waals surface area (Å²) in [7, 11) is 0. The van der Waals surface area contributed by atoms with Crippen LogP contribution < -0.4 is 5.32 Å². The molecule has 2 rings (SSSR count). The lowest BCUT2D eigenvalue weighted by molar-refractivity contribution is -0.129. The first-order valence-electron chi connectivity index (χ1n) is 5.52. The van der Waals surface area contributed by atoms with E-state index in [1.165, 1.54) is 0 Å². The molecule has 0 spiro atoms. The zero-order valence-corrected chi connectivity index (χ0v) is 9.74. The van der Waals surface area contributed by atoms with Crippen LogP contribution in [-0.2, 0) is 22.7 Å². The number of carbonyl (C=O) groups is 1. The van der Waals surface area contributed by atoms with Gasteiger partial charge in [0, 0.05) is 18.9 Å². The van der Waals surface area contributed by atoms with Gasteiger partial charge in [-0.15, -0.1) is 0 Å².